The van der Waals surface area contributed by atoms with Gasteiger partial charge in [-0.2, -0.15) is 0 Å². The van der Waals surface area contributed by atoms with Crippen LogP contribution in [0.2, 0.25) is 0 Å². The van der Waals surface area contributed by atoms with Gasteiger partial charge in [0.05, 0.1) is 13.2 Å². The second-order valence-corrected chi connectivity index (χ2v) is 6.11. The van der Waals surface area contributed by atoms with Crippen molar-refractivity contribution in [3.63, 3.8) is 0 Å². The molecule has 0 saturated carbocycles. The van der Waals surface area contributed by atoms with E-state index in [4.69, 9.17) is 11.2 Å². The number of alkyl carbamates (subject to hydrolysis) is 1. The Labute approximate surface area is 164 Å². The summed E-state index contributed by atoms with van der Waals surface area (Å²) in [7, 11) is 1.20. The van der Waals surface area contributed by atoms with E-state index in [0.717, 1.165) is 5.56 Å². The number of terminal acetylenes is 1. The maximum atomic E-state index is 12.5. The Kier molecular flexibility index (Phi) is 10.1. The zero-order chi connectivity index (χ0) is 20.9. The highest BCUT2D eigenvalue weighted by Crippen LogP contribution is 2.05. The lowest BCUT2D eigenvalue weighted by Gasteiger charge is -2.23. The van der Waals surface area contributed by atoms with Crippen LogP contribution in [0.4, 0.5) is 4.79 Å². The summed E-state index contributed by atoms with van der Waals surface area (Å²) >= 11 is 0. The van der Waals surface area contributed by atoms with Crippen LogP contribution in [-0.4, -0.2) is 48.4 Å². The average Bonchev–Trinajstić information content (AvgIpc) is 2.69. The van der Waals surface area contributed by atoms with Crippen molar-refractivity contribution >= 4 is 18.0 Å². The molecule has 8 heteroatoms. The van der Waals surface area contributed by atoms with Crippen LogP contribution in [0.3, 0.4) is 0 Å². The number of carbonyl (C=O) groups excluding carboxylic acids is 3. The Bertz CT molecular complexity index is 684. The molecule has 0 spiro atoms. The molecule has 28 heavy (non-hydrogen) atoms. The molecule has 1 rings (SSSR count). The highest BCUT2D eigenvalue weighted by molar-refractivity contribution is 5.90. The normalized spacial score (nSPS) is 13.4. The molecule has 0 aliphatic heterocycles. The minimum absolute atomic E-state index is 0.0116. The number of hydrogen-bond acceptors (Lipinski definition) is 6. The Morgan fingerprint density at radius 2 is 1.89 bits per heavy atom. The third-order valence-corrected chi connectivity index (χ3v) is 3.87. The van der Waals surface area contributed by atoms with Crippen molar-refractivity contribution in [2.45, 2.75) is 51.0 Å². The summed E-state index contributed by atoms with van der Waals surface area (Å²) in [6.45, 7) is 1.35. The van der Waals surface area contributed by atoms with Gasteiger partial charge in [-0.3, -0.25) is 4.79 Å². The first-order valence-corrected chi connectivity index (χ1v) is 8.86. The van der Waals surface area contributed by atoms with Gasteiger partial charge >= 0.3 is 12.1 Å². The Morgan fingerprint density at radius 3 is 2.46 bits per heavy atom. The minimum atomic E-state index is -1.30. The van der Waals surface area contributed by atoms with Crippen LogP contribution in [-0.2, 0) is 25.7 Å². The quantitative estimate of drug-likeness (QED) is 0.313. The molecule has 0 aliphatic rings. The molecule has 2 amide bonds. The number of benzene rings is 1. The Balaban J connectivity index is 2.66. The van der Waals surface area contributed by atoms with Crippen molar-refractivity contribution < 1.29 is 29.0 Å². The number of unbranched alkanes of at least 4 members (excludes halogenated alkanes) is 1. The third-order valence-electron chi connectivity index (χ3n) is 3.87. The second kappa shape index (κ2) is 12.4. The van der Waals surface area contributed by atoms with Crippen molar-refractivity contribution in [1.82, 2.24) is 10.6 Å². The van der Waals surface area contributed by atoms with Gasteiger partial charge in [0.25, 0.3) is 0 Å². The van der Waals surface area contributed by atoms with E-state index >= 15 is 0 Å². The van der Waals surface area contributed by atoms with E-state index in [-0.39, 0.29) is 13.0 Å². The molecule has 0 saturated heterocycles. The number of esters is 1. The molecule has 8 nitrogen and oxygen atoms in total. The second-order valence-electron chi connectivity index (χ2n) is 6.11. The Morgan fingerprint density at radius 1 is 1.21 bits per heavy atom. The van der Waals surface area contributed by atoms with Crippen molar-refractivity contribution in [3.05, 3.63) is 35.9 Å². The molecule has 1 aromatic rings. The average molecular weight is 390 g/mol. The first-order valence-electron chi connectivity index (χ1n) is 8.86. The molecule has 0 aromatic heterocycles. The largest absolute Gasteiger partial charge is 0.467 e. The van der Waals surface area contributed by atoms with Crippen molar-refractivity contribution in [1.29, 1.82) is 0 Å². The zero-order valence-corrected chi connectivity index (χ0v) is 16.0. The molecular weight excluding hydrogens is 364 g/mol. The monoisotopic (exact) mass is 390 g/mol. The fourth-order valence-electron chi connectivity index (χ4n) is 2.36. The molecular formula is C20H26N2O6. The number of hydrogen-bond donors (Lipinski definition) is 3. The van der Waals surface area contributed by atoms with Crippen LogP contribution in [0.25, 0.3) is 0 Å². The summed E-state index contributed by atoms with van der Waals surface area (Å²) in [5.41, 5.74) is 0.773. The number of aliphatic hydroxyl groups is 1. The van der Waals surface area contributed by atoms with E-state index in [1.54, 1.807) is 24.3 Å². The van der Waals surface area contributed by atoms with Gasteiger partial charge in [0.15, 0.2) is 0 Å². The van der Waals surface area contributed by atoms with Gasteiger partial charge < -0.3 is 25.2 Å². The van der Waals surface area contributed by atoms with Crippen molar-refractivity contribution in [2.75, 3.05) is 7.11 Å². The van der Waals surface area contributed by atoms with Crippen molar-refractivity contribution in [2.24, 2.45) is 0 Å². The van der Waals surface area contributed by atoms with Gasteiger partial charge in [-0.15, -0.1) is 12.3 Å². The minimum Gasteiger partial charge on any atom is -0.467 e. The predicted octanol–water partition coefficient (Wildman–Crippen LogP) is 1.12. The van der Waals surface area contributed by atoms with Crippen LogP contribution >= 0.6 is 0 Å². The summed E-state index contributed by atoms with van der Waals surface area (Å²) in [4.78, 5) is 36.3. The maximum absolute atomic E-state index is 12.5. The van der Waals surface area contributed by atoms with E-state index < -0.39 is 36.2 Å². The number of nitrogens with one attached hydrogen (secondary N) is 2. The number of methoxy groups -OCH3 is 1. The maximum Gasteiger partial charge on any atom is 0.408 e. The summed E-state index contributed by atoms with van der Waals surface area (Å²) in [6, 6.07) is 6.76. The molecule has 0 unspecified atom stereocenters. The smallest absolute Gasteiger partial charge is 0.408 e. The lowest BCUT2D eigenvalue weighted by atomic mass is 10.1. The molecule has 0 bridgehead atoms. The van der Waals surface area contributed by atoms with Gasteiger partial charge in [0, 0.05) is 6.42 Å². The molecule has 1 aromatic carbocycles. The van der Waals surface area contributed by atoms with Gasteiger partial charge in [-0.1, -0.05) is 30.3 Å². The summed E-state index contributed by atoms with van der Waals surface area (Å²) in [5, 5.41) is 14.6. The van der Waals surface area contributed by atoms with Gasteiger partial charge in [0.1, 0.15) is 18.7 Å². The van der Waals surface area contributed by atoms with Gasteiger partial charge in [-0.05, 0) is 25.3 Å². The predicted molar refractivity (Wildman–Crippen MR) is 102 cm³/mol. The molecule has 0 radical (unpaired) electrons. The molecule has 152 valence electrons. The topological polar surface area (TPSA) is 114 Å². The van der Waals surface area contributed by atoms with Gasteiger partial charge in [-0.25, -0.2) is 9.59 Å². The fourth-order valence-corrected chi connectivity index (χ4v) is 2.36. The van der Waals surface area contributed by atoms with Crippen LogP contribution < -0.4 is 10.6 Å². The molecule has 3 atom stereocenters. The molecule has 0 heterocycles. The molecule has 0 aliphatic carbocycles. The summed E-state index contributed by atoms with van der Waals surface area (Å²) in [6.07, 6.45) is 4.32. The number of ether oxygens (including phenoxy) is 2. The summed E-state index contributed by atoms with van der Waals surface area (Å²) in [5.74, 6) is 1.08. The Hall–Kier alpha value is -3.05. The fraction of sp³-hybridized carbons (Fsp3) is 0.450. The van der Waals surface area contributed by atoms with E-state index in [0.29, 0.717) is 12.8 Å². The van der Waals surface area contributed by atoms with Crippen LogP contribution in [0.1, 0.15) is 31.7 Å². The van der Waals surface area contributed by atoms with E-state index in [9.17, 15) is 19.5 Å². The number of carbonyl (C=O) groups is 3. The molecule has 0 fully saturated rings. The van der Waals surface area contributed by atoms with E-state index in [1.807, 2.05) is 6.07 Å². The first kappa shape index (κ1) is 23.0. The number of aliphatic hydroxyl groups excluding tert-OH is 1. The number of rotatable bonds is 10. The lowest BCUT2D eigenvalue weighted by Crippen LogP contribution is -2.55. The number of amides is 2. The van der Waals surface area contributed by atoms with Crippen LogP contribution in [0, 0.1) is 12.3 Å². The summed E-state index contributed by atoms with van der Waals surface area (Å²) < 4.78 is 9.73. The first-order chi connectivity index (χ1) is 13.4. The van der Waals surface area contributed by atoms with Crippen molar-refractivity contribution in [3.8, 4) is 12.3 Å². The van der Waals surface area contributed by atoms with E-state index in [1.165, 1.54) is 14.0 Å². The zero-order valence-electron chi connectivity index (χ0n) is 16.0. The SMILES string of the molecule is C#CCCC[C@@H](NC(=O)[C@@H](NC(=O)OCc1ccccc1)[C@@H](C)O)C(=O)OC. The van der Waals surface area contributed by atoms with Crippen LogP contribution in [0.5, 0.6) is 0 Å². The van der Waals surface area contributed by atoms with Gasteiger partial charge in [0.2, 0.25) is 5.91 Å². The highest BCUT2D eigenvalue weighted by Gasteiger charge is 2.30. The third kappa shape index (κ3) is 8.10. The lowest BCUT2D eigenvalue weighted by molar-refractivity contribution is -0.145. The highest BCUT2D eigenvalue weighted by atomic mass is 16.5. The van der Waals surface area contributed by atoms with Crippen LogP contribution in [0.15, 0.2) is 30.3 Å². The standard InChI is InChI=1S/C20H26N2O6/c1-4-5-7-12-16(19(25)27-3)21-18(24)17(14(2)23)22-20(26)28-13-15-10-8-6-9-11-15/h1,6,8-11,14,16-17,23H,5,7,12-13H2,2-3H3,(H,21,24)(H,22,26)/t14-,16-,17+/m1/s1. The van der Waals surface area contributed by atoms with E-state index in [2.05, 4.69) is 21.3 Å². The molecule has 3 N–H and O–H groups in total.